The van der Waals surface area contributed by atoms with E-state index >= 15 is 0 Å². The Labute approximate surface area is 415 Å². The van der Waals surface area contributed by atoms with Crippen molar-refractivity contribution in [2.24, 2.45) is 11.5 Å². The van der Waals surface area contributed by atoms with E-state index in [1.54, 1.807) is 12.2 Å². The minimum absolute atomic E-state index is 0.867. The van der Waals surface area contributed by atoms with E-state index in [1.807, 2.05) is 136 Å². The first-order chi connectivity index (χ1) is 34.7. The number of nitrogens with zero attached hydrogens (tertiary/aromatic N) is 2. The molecule has 4 nitrogen and oxygen atoms in total. The summed E-state index contributed by atoms with van der Waals surface area (Å²) in [7, 11) is 0. The van der Waals surface area contributed by atoms with Gasteiger partial charge in [0.2, 0.25) is 0 Å². The summed E-state index contributed by atoms with van der Waals surface area (Å²) in [5.41, 5.74) is 21.2. The van der Waals surface area contributed by atoms with E-state index in [-0.39, 0.29) is 0 Å². The summed E-state index contributed by atoms with van der Waals surface area (Å²) in [6, 6.07) is 50.9. The van der Waals surface area contributed by atoms with Crippen LogP contribution in [0.3, 0.4) is 0 Å². The minimum Gasteiger partial charge on any atom is -0.405 e. The van der Waals surface area contributed by atoms with Crippen molar-refractivity contribution in [1.29, 1.82) is 0 Å². The van der Waals surface area contributed by atoms with Gasteiger partial charge in [-0.1, -0.05) is 226 Å². The van der Waals surface area contributed by atoms with E-state index in [0.29, 0.717) is 0 Å². The molecule has 0 aliphatic rings. The van der Waals surface area contributed by atoms with Gasteiger partial charge in [0.15, 0.2) is 0 Å². The molecule has 2 aromatic heterocycles. The molecule has 2 heterocycles. The summed E-state index contributed by atoms with van der Waals surface area (Å²) in [6.45, 7) is 5.97. The van der Waals surface area contributed by atoms with Gasteiger partial charge in [-0.3, -0.25) is 0 Å². The number of rotatable bonds is 16. The second kappa shape index (κ2) is 28.3. The highest BCUT2D eigenvalue weighted by Crippen LogP contribution is 2.38. The van der Waals surface area contributed by atoms with Crippen LogP contribution in [0.15, 0.2) is 298 Å². The zero-order chi connectivity index (χ0) is 49.0. The highest BCUT2D eigenvalue weighted by atomic mass is 15.0. The number of hydrogen-bond acceptors (Lipinski definition) is 2. The Bertz CT molecular complexity index is 3290. The van der Waals surface area contributed by atoms with Gasteiger partial charge in [-0.05, 0) is 115 Å². The Morgan fingerprint density at radius 1 is 0.343 bits per heavy atom. The number of nitrogens with two attached hydrogens (primary N) is 2. The predicted octanol–water partition coefficient (Wildman–Crippen LogP) is 17.2. The summed E-state index contributed by atoms with van der Waals surface area (Å²) < 4.78 is 4.76. The van der Waals surface area contributed by atoms with Crippen molar-refractivity contribution >= 4 is 43.6 Å². The van der Waals surface area contributed by atoms with Gasteiger partial charge in [-0.15, -0.1) is 0 Å². The van der Waals surface area contributed by atoms with Crippen molar-refractivity contribution in [3.8, 4) is 22.5 Å². The third kappa shape index (κ3) is 13.9. The Morgan fingerprint density at radius 3 is 1.13 bits per heavy atom. The van der Waals surface area contributed by atoms with E-state index < -0.39 is 0 Å². The maximum Gasteiger partial charge on any atom is 0.0541 e. The van der Waals surface area contributed by atoms with Crippen molar-refractivity contribution in [2.45, 2.75) is 27.2 Å². The minimum atomic E-state index is 0.867. The molecule has 0 spiro atoms. The normalized spacial score (nSPS) is 12.8. The lowest BCUT2D eigenvalue weighted by atomic mass is 10.0. The van der Waals surface area contributed by atoms with Crippen LogP contribution in [-0.2, 0) is 6.42 Å². The number of aromatic nitrogens is 2. The van der Waals surface area contributed by atoms with E-state index in [2.05, 4.69) is 167 Å². The van der Waals surface area contributed by atoms with E-state index in [4.69, 9.17) is 11.5 Å². The third-order valence-electron chi connectivity index (χ3n) is 11.0. The summed E-state index contributed by atoms with van der Waals surface area (Å²) in [6.07, 6.45) is 51.3. The van der Waals surface area contributed by atoms with Crippen molar-refractivity contribution in [1.82, 2.24) is 9.13 Å². The Kier molecular flexibility index (Phi) is 20.5. The molecule has 0 unspecified atom stereocenters. The topological polar surface area (TPSA) is 61.9 Å². The van der Waals surface area contributed by atoms with Crippen LogP contribution in [0.4, 0.5) is 0 Å². The summed E-state index contributed by atoms with van der Waals surface area (Å²) >= 11 is 0. The number of allylic oxidation sites excluding steroid dienone is 24. The van der Waals surface area contributed by atoms with Crippen molar-refractivity contribution in [3.05, 3.63) is 303 Å². The number of fused-ring (bicyclic) bond motifs is 6. The number of para-hydroxylation sites is 3. The second-order valence-corrected chi connectivity index (χ2v) is 15.6. The molecule has 8 aromatic rings. The summed E-state index contributed by atoms with van der Waals surface area (Å²) in [5, 5.41) is 5.02. The molecule has 4 heteroatoms. The predicted molar refractivity (Wildman–Crippen MR) is 308 cm³/mol. The van der Waals surface area contributed by atoms with Crippen molar-refractivity contribution < 1.29 is 0 Å². The molecule has 4 N–H and O–H groups in total. The lowest BCUT2D eigenvalue weighted by Gasteiger charge is -2.10. The maximum absolute atomic E-state index is 5.29. The van der Waals surface area contributed by atoms with Crippen LogP contribution in [0.2, 0.25) is 0 Å². The molecule has 70 heavy (non-hydrogen) atoms. The van der Waals surface area contributed by atoms with Crippen LogP contribution in [-0.4, -0.2) is 9.13 Å². The van der Waals surface area contributed by atoms with Gasteiger partial charge in [-0.2, -0.15) is 0 Å². The first-order valence-electron chi connectivity index (χ1n) is 24.0. The lowest BCUT2D eigenvalue weighted by Crippen LogP contribution is -1.94. The van der Waals surface area contributed by atoms with Gasteiger partial charge in [0.05, 0.1) is 22.1 Å². The molecule has 0 saturated carbocycles. The van der Waals surface area contributed by atoms with Crippen molar-refractivity contribution in [2.75, 3.05) is 0 Å². The molecule has 0 aliphatic heterocycles. The van der Waals surface area contributed by atoms with Gasteiger partial charge in [-0.25, -0.2) is 0 Å². The molecule has 0 radical (unpaired) electrons. The van der Waals surface area contributed by atoms with Gasteiger partial charge in [0.1, 0.15) is 0 Å². The second-order valence-electron chi connectivity index (χ2n) is 15.6. The molecular formula is C66H64N4. The standard InChI is InChI=1S/C57H47N3.C7H11N.C2H6/c58-42-26-17-15-13-11-9-7-5-3-1-2-4-6-8-10-12-14-16-19-27-45-34-38-49(39-35-45)60-55-33-25-23-31-51(55)53-44-47(37-41-57(53)60)46-36-40-56-52(43-46)50-30-22-24-32-54(50)59(56)48-28-20-18-21-29-48;1-2-3-4-5-6-7-8;1-2/h1-26,28-44H,27,58H2;2-7H,8H2,1H3;1-2H3/b2-1+,5-3+,6-4-,9-7-,10-8-,13-11-,14-12+,17-15+,19-16+,42-26+;3-2+,5-4-,7-6-;. The summed E-state index contributed by atoms with van der Waals surface area (Å²) in [5.74, 6) is 0. The van der Waals surface area contributed by atoms with Crippen LogP contribution in [0, 0.1) is 0 Å². The van der Waals surface area contributed by atoms with Gasteiger partial charge in [0, 0.05) is 32.9 Å². The molecule has 8 rings (SSSR count). The lowest BCUT2D eigenvalue weighted by molar-refractivity contribution is 1.16. The molecule has 0 amide bonds. The fraction of sp³-hybridized carbons (Fsp3) is 0.0606. The fourth-order valence-corrected chi connectivity index (χ4v) is 7.90. The highest BCUT2D eigenvalue weighted by molar-refractivity contribution is 6.12. The highest BCUT2D eigenvalue weighted by Gasteiger charge is 2.16. The Morgan fingerprint density at radius 2 is 0.700 bits per heavy atom. The van der Waals surface area contributed by atoms with Crippen LogP contribution in [0.5, 0.6) is 0 Å². The summed E-state index contributed by atoms with van der Waals surface area (Å²) in [4.78, 5) is 0. The third-order valence-corrected chi connectivity index (χ3v) is 11.0. The van der Waals surface area contributed by atoms with Crippen LogP contribution >= 0.6 is 0 Å². The molecule has 0 aliphatic carbocycles. The van der Waals surface area contributed by atoms with Crippen LogP contribution < -0.4 is 11.5 Å². The molecule has 6 aromatic carbocycles. The first kappa shape index (κ1) is 50.6. The van der Waals surface area contributed by atoms with Gasteiger partial charge >= 0.3 is 0 Å². The van der Waals surface area contributed by atoms with Gasteiger partial charge in [0.25, 0.3) is 0 Å². The average molecular weight is 913 g/mol. The molecule has 0 saturated heterocycles. The first-order valence-corrected chi connectivity index (χ1v) is 24.0. The molecular weight excluding hydrogens is 849 g/mol. The SMILES string of the molecule is C/C=C/C=C\C=C/N.CC.N/C=C/C=C/C=C\C=C/C=C/C=C/C=C\C=C/C=C/C=C/Cc1ccc(-n2c3ccccc3c3cc(-c4ccc5c(c4)c4ccccc4n5-c4ccccc4)ccc32)cc1. The zero-order valence-electron chi connectivity index (χ0n) is 40.5. The molecule has 0 fully saturated rings. The fourth-order valence-electron chi connectivity index (χ4n) is 7.90. The monoisotopic (exact) mass is 913 g/mol. The maximum atomic E-state index is 5.29. The van der Waals surface area contributed by atoms with E-state index in [9.17, 15) is 0 Å². The molecule has 0 atom stereocenters. The van der Waals surface area contributed by atoms with E-state index in [0.717, 1.165) is 12.1 Å². The average Bonchev–Trinajstić information content (AvgIpc) is 3.93. The van der Waals surface area contributed by atoms with Crippen molar-refractivity contribution in [3.63, 3.8) is 0 Å². The smallest absolute Gasteiger partial charge is 0.0541 e. The Hall–Kier alpha value is -8.86. The number of hydrogen-bond donors (Lipinski definition) is 2. The van der Waals surface area contributed by atoms with E-state index in [1.165, 1.54) is 78.4 Å². The Balaban J connectivity index is 0.000000732. The van der Waals surface area contributed by atoms with Crippen LogP contribution in [0.1, 0.15) is 26.3 Å². The quantitative estimate of drug-likeness (QED) is 0.0949. The molecule has 348 valence electrons. The van der Waals surface area contributed by atoms with Gasteiger partial charge < -0.3 is 20.6 Å². The van der Waals surface area contributed by atoms with Crippen LogP contribution in [0.25, 0.3) is 66.1 Å². The largest absolute Gasteiger partial charge is 0.405 e. The zero-order valence-corrected chi connectivity index (χ0v) is 40.5. The molecule has 0 bridgehead atoms. The number of benzene rings is 6.